The molecule has 1 N–H and O–H groups in total. The number of methoxy groups -OCH3 is 1. The van der Waals surface area contributed by atoms with E-state index in [9.17, 15) is 9.18 Å². The first-order chi connectivity index (χ1) is 17.0. The minimum atomic E-state index is -0.230. The Morgan fingerprint density at radius 3 is 2.83 bits per heavy atom. The fourth-order valence-electron chi connectivity index (χ4n) is 6.29. The van der Waals surface area contributed by atoms with Gasteiger partial charge in [0.2, 0.25) is 0 Å². The van der Waals surface area contributed by atoms with E-state index in [0.717, 1.165) is 72.4 Å². The van der Waals surface area contributed by atoms with Crippen molar-refractivity contribution in [3.8, 4) is 0 Å². The zero-order chi connectivity index (χ0) is 24.3. The number of carbonyl (C=O) groups excluding carboxylic acids is 1. The molecule has 0 spiro atoms. The van der Waals surface area contributed by atoms with Gasteiger partial charge in [0.05, 0.1) is 30.5 Å². The maximum atomic E-state index is 14.6. The second-order valence-corrected chi connectivity index (χ2v) is 10.1. The number of hydrogen-bond donors (Lipinski definition) is 1. The third-order valence-electron chi connectivity index (χ3n) is 8.22. The van der Waals surface area contributed by atoms with Crippen LogP contribution in [-0.2, 0) is 9.53 Å². The number of esters is 1. The fraction of sp³-hybridized carbons (Fsp3) is 0.429. The van der Waals surface area contributed by atoms with Crippen LogP contribution in [0.5, 0.6) is 0 Å². The number of allylic oxidation sites excluding steroid dienone is 2. The number of likely N-dealkylation sites (N-methyl/N-ethyl adjacent to an activating group) is 1. The van der Waals surface area contributed by atoms with Gasteiger partial charge in [-0.15, -0.1) is 0 Å². The average Bonchev–Trinajstić information content (AvgIpc) is 3.16. The SMILES string of the molecule is CC[C@H]1C(C2=CCN(C3CC(C(=O)OC)C3)CC2)=C2NN=C3C=Cc4cc(F)cc(c43)C2=CN1C. The highest BCUT2D eigenvalue weighted by atomic mass is 19.1. The van der Waals surface area contributed by atoms with E-state index in [0.29, 0.717) is 6.04 Å². The molecule has 1 saturated carbocycles. The van der Waals surface area contributed by atoms with Crippen molar-refractivity contribution in [1.29, 1.82) is 0 Å². The first kappa shape index (κ1) is 22.3. The normalized spacial score (nSPS) is 27.1. The summed E-state index contributed by atoms with van der Waals surface area (Å²) in [5.74, 6) is -0.268. The Labute approximate surface area is 205 Å². The molecule has 0 aromatic heterocycles. The van der Waals surface area contributed by atoms with Crippen LogP contribution >= 0.6 is 0 Å². The van der Waals surface area contributed by atoms with E-state index in [1.807, 2.05) is 12.2 Å². The van der Waals surface area contributed by atoms with Gasteiger partial charge in [0.15, 0.2) is 0 Å². The molecule has 0 amide bonds. The minimum Gasteiger partial charge on any atom is -0.469 e. The van der Waals surface area contributed by atoms with Crippen LogP contribution in [0.25, 0.3) is 11.6 Å². The van der Waals surface area contributed by atoms with E-state index in [2.05, 4.69) is 41.5 Å². The molecule has 1 aromatic rings. The van der Waals surface area contributed by atoms with Gasteiger partial charge in [-0.3, -0.25) is 15.1 Å². The number of nitrogens with one attached hydrogen (secondary N) is 1. The van der Waals surface area contributed by atoms with Crippen LogP contribution in [0, 0.1) is 11.7 Å². The molecule has 35 heavy (non-hydrogen) atoms. The number of ether oxygens (including phenoxy) is 1. The fourth-order valence-corrected chi connectivity index (χ4v) is 6.29. The lowest BCUT2D eigenvalue weighted by Gasteiger charge is -2.44. The number of hydrazone groups is 1. The molecule has 6 nitrogen and oxygen atoms in total. The van der Waals surface area contributed by atoms with Gasteiger partial charge < -0.3 is 9.64 Å². The molecule has 0 bridgehead atoms. The van der Waals surface area contributed by atoms with Gasteiger partial charge in [-0.1, -0.05) is 19.1 Å². The molecule has 0 saturated heterocycles. The first-order valence-corrected chi connectivity index (χ1v) is 12.5. The summed E-state index contributed by atoms with van der Waals surface area (Å²) in [6.45, 7) is 4.05. The van der Waals surface area contributed by atoms with Crippen molar-refractivity contribution in [1.82, 2.24) is 15.2 Å². The van der Waals surface area contributed by atoms with Crippen LogP contribution in [0.3, 0.4) is 0 Å². The number of halogens is 1. The van der Waals surface area contributed by atoms with Crippen molar-refractivity contribution in [2.45, 2.75) is 44.7 Å². The summed E-state index contributed by atoms with van der Waals surface area (Å²) in [5, 5.41) is 4.75. The van der Waals surface area contributed by atoms with Gasteiger partial charge in [0, 0.05) is 49.1 Å². The Bertz CT molecular complexity index is 1250. The molecule has 1 fully saturated rings. The van der Waals surface area contributed by atoms with Gasteiger partial charge in [0.1, 0.15) is 5.82 Å². The summed E-state index contributed by atoms with van der Waals surface area (Å²) in [4.78, 5) is 16.5. The molecular formula is C28H31FN4O2. The number of rotatable bonds is 4. The van der Waals surface area contributed by atoms with Gasteiger partial charge in [-0.2, -0.15) is 5.10 Å². The first-order valence-electron chi connectivity index (χ1n) is 12.5. The Kier molecular flexibility index (Phi) is 5.40. The van der Waals surface area contributed by atoms with Crippen molar-refractivity contribution in [3.63, 3.8) is 0 Å². The predicted molar refractivity (Wildman–Crippen MR) is 135 cm³/mol. The molecule has 3 heterocycles. The smallest absolute Gasteiger partial charge is 0.308 e. The topological polar surface area (TPSA) is 57.2 Å². The van der Waals surface area contributed by atoms with Gasteiger partial charge in [0.25, 0.3) is 0 Å². The molecule has 0 unspecified atom stereocenters. The largest absolute Gasteiger partial charge is 0.469 e. The zero-order valence-electron chi connectivity index (χ0n) is 20.5. The second-order valence-electron chi connectivity index (χ2n) is 10.1. The third kappa shape index (κ3) is 3.56. The number of carbonyl (C=O) groups is 1. The number of fused-ring (bicyclic) bond motifs is 2. The molecule has 3 aliphatic heterocycles. The van der Waals surface area contributed by atoms with Crippen LogP contribution in [0.15, 0.2) is 52.4 Å². The van der Waals surface area contributed by atoms with Gasteiger partial charge in [-0.05, 0) is 60.6 Å². The van der Waals surface area contributed by atoms with Gasteiger partial charge in [-0.25, -0.2) is 4.39 Å². The lowest BCUT2D eigenvalue weighted by molar-refractivity contribution is -0.150. The van der Waals surface area contributed by atoms with Crippen LogP contribution in [0.1, 0.15) is 49.3 Å². The van der Waals surface area contributed by atoms with E-state index in [-0.39, 0.29) is 23.7 Å². The summed E-state index contributed by atoms with van der Waals surface area (Å²) < 4.78 is 19.5. The molecule has 1 atom stereocenters. The standard InChI is InChI=1S/C28H31FN4O2/c1-4-24-26(16-7-9-33(10-8-16)20-12-18(13-20)28(34)35-3)27-22(15-32(24)2)21-14-19(29)11-17-5-6-23(25(17)21)30-31-27/h5-7,11,14-15,18,20,24,31H,4,8-10,12-13H2,1-3H3/t18?,20?,24-/m0/s1. The average molecular weight is 475 g/mol. The number of nitrogens with zero attached hydrogens (tertiary/aromatic N) is 3. The second kappa shape index (κ2) is 8.48. The lowest BCUT2D eigenvalue weighted by Crippen LogP contribution is -2.49. The van der Waals surface area contributed by atoms with E-state index in [4.69, 9.17) is 9.84 Å². The Hall–Kier alpha value is -3.19. The molecule has 1 aromatic carbocycles. The summed E-state index contributed by atoms with van der Waals surface area (Å²) in [7, 11) is 3.58. The van der Waals surface area contributed by atoms with E-state index in [1.54, 1.807) is 12.1 Å². The number of hydrogen-bond acceptors (Lipinski definition) is 6. The minimum absolute atomic E-state index is 0.0460. The molecular weight excluding hydrogens is 443 g/mol. The highest BCUT2D eigenvalue weighted by Crippen LogP contribution is 2.43. The molecule has 5 aliphatic rings. The van der Waals surface area contributed by atoms with Crippen molar-refractivity contribution < 1.29 is 13.9 Å². The summed E-state index contributed by atoms with van der Waals surface area (Å²) in [6, 6.07) is 3.89. The van der Waals surface area contributed by atoms with E-state index in [1.165, 1.54) is 18.3 Å². The monoisotopic (exact) mass is 474 g/mol. The van der Waals surface area contributed by atoms with Crippen molar-refractivity contribution >= 4 is 23.3 Å². The molecule has 6 rings (SSSR count). The zero-order valence-corrected chi connectivity index (χ0v) is 20.5. The highest BCUT2D eigenvalue weighted by molar-refractivity contribution is 6.20. The quantitative estimate of drug-likeness (QED) is 0.667. The van der Waals surface area contributed by atoms with E-state index < -0.39 is 0 Å². The predicted octanol–water partition coefficient (Wildman–Crippen LogP) is 4.06. The van der Waals surface area contributed by atoms with Crippen molar-refractivity contribution in [3.05, 3.63) is 69.8 Å². The molecule has 7 heteroatoms. The molecule has 182 valence electrons. The van der Waals surface area contributed by atoms with Crippen LogP contribution < -0.4 is 5.43 Å². The maximum absolute atomic E-state index is 14.6. The Morgan fingerprint density at radius 2 is 2.11 bits per heavy atom. The van der Waals surface area contributed by atoms with Crippen LogP contribution in [0.4, 0.5) is 4.39 Å². The van der Waals surface area contributed by atoms with E-state index >= 15 is 0 Å². The highest BCUT2D eigenvalue weighted by Gasteiger charge is 2.40. The Morgan fingerprint density at radius 1 is 1.29 bits per heavy atom. The summed E-state index contributed by atoms with van der Waals surface area (Å²) in [5.41, 5.74) is 11.6. The lowest BCUT2D eigenvalue weighted by atomic mass is 9.78. The summed E-state index contributed by atoms with van der Waals surface area (Å²) in [6.07, 6.45) is 12.0. The third-order valence-corrected chi connectivity index (χ3v) is 8.22. The van der Waals surface area contributed by atoms with Crippen LogP contribution in [0.2, 0.25) is 0 Å². The maximum Gasteiger partial charge on any atom is 0.308 e. The summed E-state index contributed by atoms with van der Waals surface area (Å²) >= 11 is 0. The van der Waals surface area contributed by atoms with Crippen molar-refractivity contribution in [2.24, 2.45) is 11.0 Å². The van der Waals surface area contributed by atoms with Crippen molar-refractivity contribution in [2.75, 3.05) is 27.2 Å². The molecule has 0 radical (unpaired) electrons. The molecule has 2 aliphatic carbocycles. The van der Waals surface area contributed by atoms with Crippen LogP contribution in [-0.4, -0.2) is 60.8 Å². The Balaban J connectivity index is 1.35. The van der Waals surface area contributed by atoms with Gasteiger partial charge >= 0.3 is 5.97 Å². The number of benzene rings is 1.